The lowest BCUT2D eigenvalue weighted by Crippen LogP contribution is -2.38. The Labute approximate surface area is 141 Å². The molecule has 1 amide bonds. The summed E-state index contributed by atoms with van der Waals surface area (Å²) in [7, 11) is 1.65. The largest absolute Gasteiger partial charge is 0.497 e. The summed E-state index contributed by atoms with van der Waals surface area (Å²) in [5.74, 6) is 0.907. The number of methoxy groups -OCH3 is 1. The summed E-state index contributed by atoms with van der Waals surface area (Å²) in [6, 6.07) is 10.1. The van der Waals surface area contributed by atoms with Gasteiger partial charge in [0.1, 0.15) is 5.75 Å². The molecule has 0 N–H and O–H groups in total. The van der Waals surface area contributed by atoms with E-state index in [1.807, 2.05) is 35.2 Å². The van der Waals surface area contributed by atoms with Gasteiger partial charge >= 0.3 is 0 Å². The second-order valence-electron chi connectivity index (χ2n) is 5.61. The van der Waals surface area contributed by atoms with E-state index in [-0.39, 0.29) is 11.9 Å². The lowest BCUT2D eigenvalue weighted by atomic mass is 9.97. The van der Waals surface area contributed by atoms with Crippen LogP contribution in [0.1, 0.15) is 35.4 Å². The second-order valence-corrected chi connectivity index (χ2v) is 6.61. The number of carbonyl (C=O) groups excluding carboxylic acids is 1. The van der Waals surface area contributed by atoms with Crippen LogP contribution in [0.5, 0.6) is 5.75 Å². The molecule has 1 atom stereocenters. The van der Waals surface area contributed by atoms with Crippen LogP contribution >= 0.6 is 11.3 Å². The van der Waals surface area contributed by atoms with Crippen LogP contribution in [0.3, 0.4) is 0 Å². The molecule has 1 aromatic heterocycles. The molecular formula is C19H21NO2S. The molecule has 23 heavy (non-hydrogen) atoms. The van der Waals surface area contributed by atoms with Crippen LogP contribution in [0, 0.1) is 0 Å². The van der Waals surface area contributed by atoms with Crippen molar-refractivity contribution in [3.8, 4) is 5.75 Å². The number of rotatable bonds is 4. The normalized spacial score (nSPS) is 17.3. The van der Waals surface area contributed by atoms with Crippen LogP contribution in [0.15, 0.2) is 41.8 Å². The molecule has 1 aliphatic heterocycles. The molecule has 0 saturated heterocycles. The minimum Gasteiger partial charge on any atom is -0.497 e. The minimum atomic E-state index is 0.0875. The molecule has 0 aliphatic carbocycles. The Morgan fingerprint density at radius 3 is 2.83 bits per heavy atom. The highest BCUT2D eigenvalue weighted by Crippen LogP contribution is 2.35. The van der Waals surface area contributed by atoms with Gasteiger partial charge in [0.15, 0.2) is 0 Å². The predicted octanol–water partition coefficient (Wildman–Crippen LogP) is 4.31. The Kier molecular flexibility index (Phi) is 4.82. The van der Waals surface area contributed by atoms with Gasteiger partial charge in [-0.1, -0.05) is 19.1 Å². The van der Waals surface area contributed by atoms with E-state index in [4.69, 9.17) is 4.74 Å². The van der Waals surface area contributed by atoms with Gasteiger partial charge in [-0.05, 0) is 53.6 Å². The van der Waals surface area contributed by atoms with Crippen LogP contribution in [-0.4, -0.2) is 24.5 Å². The van der Waals surface area contributed by atoms with Crippen molar-refractivity contribution in [2.75, 3.05) is 13.7 Å². The third-order valence-electron chi connectivity index (χ3n) is 4.30. The number of hydrogen-bond acceptors (Lipinski definition) is 3. The van der Waals surface area contributed by atoms with Gasteiger partial charge in [0.25, 0.3) is 0 Å². The van der Waals surface area contributed by atoms with Gasteiger partial charge in [0.2, 0.25) is 5.91 Å². The van der Waals surface area contributed by atoms with Crippen molar-refractivity contribution in [3.63, 3.8) is 0 Å². The highest BCUT2D eigenvalue weighted by atomic mass is 32.1. The van der Waals surface area contributed by atoms with Crippen molar-refractivity contribution in [1.82, 2.24) is 4.90 Å². The van der Waals surface area contributed by atoms with Crippen molar-refractivity contribution in [1.29, 1.82) is 0 Å². The van der Waals surface area contributed by atoms with Crippen molar-refractivity contribution >= 4 is 23.3 Å². The Morgan fingerprint density at radius 1 is 1.35 bits per heavy atom. The zero-order valence-corrected chi connectivity index (χ0v) is 14.3. The molecule has 1 aliphatic rings. The van der Waals surface area contributed by atoms with Crippen molar-refractivity contribution in [3.05, 3.63) is 57.8 Å². The van der Waals surface area contributed by atoms with Crippen molar-refractivity contribution in [2.24, 2.45) is 0 Å². The number of nitrogens with zero attached hydrogens (tertiary/aromatic N) is 1. The van der Waals surface area contributed by atoms with E-state index in [9.17, 15) is 4.79 Å². The molecule has 120 valence electrons. The summed E-state index contributed by atoms with van der Waals surface area (Å²) in [5, 5.41) is 2.13. The van der Waals surface area contributed by atoms with Crippen LogP contribution in [0.2, 0.25) is 0 Å². The lowest BCUT2D eigenvalue weighted by molar-refractivity contribution is -0.128. The highest BCUT2D eigenvalue weighted by Gasteiger charge is 2.29. The molecular weight excluding hydrogens is 306 g/mol. The fourth-order valence-corrected chi connectivity index (χ4v) is 4.01. The summed E-state index contributed by atoms with van der Waals surface area (Å²) >= 11 is 1.80. The predicted molar refractivity (Wildman–Crippen MR) is 94.8 cm³/mol. The molecule has 0 saturated carbocycles. The van der Waals surface area contributed by atoms with Gasteiger partial charge in [-0.25, -0.2) is 0 Å². The van der Waals surface area contributed by atoms with Gasteiger partial charge in [-0.15, -0.1) is 11.3 Å². The zero-order valence-electron chi connectivity index (χ0n) is 13.5. The van der Waals surface area contributed by atoms with Gasteiger partial charge in [-0.3, -0.25) is 4.79 Å². The van der Waals surface area contributed by atoms with Gasteiger partial charge in [0, 0.05) is 17.5 Å². The first-order valence-corrected chi connectivity index (χ1v) is 8.80. The van der Waals surface area contributed by atoms with E-state index in [1.165, 1.54) is 10.4 Å². The Morgan fingerprint density at radius 2 is 2.13 bits per heavy atom. The van der Waals surface area contributed by atoms with E-state index in [1.54, 1.807) is 24.5 Å². The first-order chi connectivity index (χ1) is 11.2. The number of hydrogen-bond donors (Lipinski definition) is 0. The van der Waals surface area contributed by atoms with E-state index in [0.717, 1.165) is 30.7 Å². The van der Waals surface area contributed by atoms with Gasteiger partial charge in [0.05, 0.1) is 13.2 Å². The molecule has 3 rings (SSSR count). The maximum absolute atomic E-state index is 12.6. The second kappa shape index (κ2) is 7.01. The summed E-state index contributed by atoms with van der Waals surface area (Å²) < 4.78 is 5.15. The third-order valence-corrected chi connectivity index (χ3v) is 5.30. The quantitative estimate of drug-likeness (QED) is 0.783. The van der Waals surface area contributed by atoms with Crippen LogP contribution in [0.4, 0.5) is 0 Å². The molecule has 0 fully saturated rings. The molecule has 2 aromatic rings. The average Bonchev–Trinajstić information content (AvgIpc) is 3.07. The molecule has 1 aromatic carbocycles. The number of carbonyl (C=O) groups is 1. The monoisotopic (exact) mass is 327 g/mol. The first-order valence-electron chi connectivity index (χ1n) is 7.92. The lowest BCUT2D eigenvalue weighted by Gasteiger charge is -2.34. The van der Waals surface area contributed by atoms with Crippen LogP contribution < -0.4 is 4.74 Å². The van der Waals surface area contributed by atoms with Gasteiger partial charge in [-0.2, -0.15) is 0 Å². The van der Waals surface area contributed by atoms with Gasteiger partial charge < -0.3 is 9.64 Å². The fourth-order valence-electron chi connectivity index (χ4n) is 3.08. The smallest absolute Gasteiger partial charge is 0.247 e. The Bertz CT molecular complexity index is 702. The van der Waals surface area contributed by atoms with Crippen molar-refractivity contribution in [2.45, 2.75) is 25.8 Å². The standard InChI is InChI=1S/C19H21NO2S/c1-3-17-16-11-13-23-18(16)10-12-20(17)19(21)9-6-14-4-7-15(22-2)8-5-14/h4-9,11,13,17H,3,10,12H2,1-2H3. The first kappa shape index (κ1) is 15.8. The molecule has 0 bridgehead atoms. The van der Waals surface area contributed by atoms with E-state index in [0.29, 0.717) is 0 Å². The number of thiophene rings is 1. The summed E-state index contributed by atoms with van der Waals surface area (Å²) in [4.78, 5) is 16.0. The molecule has 3 nitrogen and oxygen atoms in total. The molecule has 1 unspecified atom stereocenters. The molecule has 0 spiro atoms. The highest BCUT2D eigenvalue weighted by molar-refractivity contribution is 7.10. The van der Waals surface area contributed by atoms with Crippen LogP contribution in [-0.2, 0) is 11.2 Å². The third kappa shape index (κ3) is 3.32. The number of benzene rings is 1. The van der Waals surface area contributed by atoms with E-state index in [2.05, 4.69) is 18.4 Å². The van der Waals surface area contributed by atoms with Crippen molar-refractivity contribution < 1.29 is 9.53 Å². The Hall–Kier alpha value is -2.07. The summed E-state index contributed by atoms with van der Waals surface area (Å²) in [6.07, 6.45) is 5.47. The minimum absolute atomic E-state index is 0.0875. The van der Waals surface area contributed by atoms with Crippen LogP contribution in [0.25, 0.3) is 6.08 Å². The number of amides is 1. The summed E-state index contributed by atoms with van der Waals surface area (Å²) in [5.41, 5.74) is 2.33. The maximum atomic E-state index is 12.6. The van der Waals surface area contributed by atoms with E-state index >= 15 is 0 Å². The zero-order chi connectivity index (χ0) is 16.2. The fraction of sp³-hybridized carbons (Fsp3) is 0.316. The molecule has 2 heterocycles. The average molecular weight is 327 g/mol. The number of fused-ring (bicyclic) bond motifs is 1. The molecule has 4 heteroatoms. The molecule has 0 radical (unpaired) electrons. The summed E-state index contributed by atoms with van der Waals surface area (Å²) in [6.45, 7) is 2.95. The van der Waals surface area contributed by atoms with E-state index < -0.39 is 0 Å². The maximum Gasteiger partial charge on any atom is 0.247 e. The Balaban J connectivity index is 1.73. The number of ether oxygens (including phenoxy) is 1. The SMILES string of the molecule is CCC1c2ccsc2CCN1C(=O)C=Cc1ccc(OC)cc1. The topological polar surface area (TPSA) is 29.5 Å².